The first-order valence-corrected chi connectivity index (χ1v) is 9.71. The molecule has 0 aromatic heterocycles. The van der Waals surface area contributed by atoms with Crippen LogP contribution in [0.4, 0.5) is 4.79 Å². The van der Waals surface area contributed by atoms with Gasteiger partial charge in [0.15, 0.2) is 0 Å². The van der Waals surface area contributed by atoms with Gasteiger partial charge in [0.2, 0.25) is 15.9 Å². The molecule has 1 fully saturated rings. The van der Waals surface area contributed by atoms with Crippen molar-refractivity contribution < 1.29 is 22.7 Å². The maximum Gasteiger partial charge on any atom is 0.409 e. The minimum absolute atomic E-state index is 0.159. The van der Waals surface area contributed by atoms with Crippen LogP contribution in [0.1, 0.15) is 27.2 Å². The van der Waals surface area contributed by atoms with Crippen LogP contribution in [-0.2, 0) is 19.6 Å². The molecule has 2 amide bonds. The van der Waals surface area contributed by atoms with Crippen molar-refractivity contribution in [2.45, 2.75) is 33.2 Å². The van der Waals surface area contributed by atoms with Crippen LogP contribution in [0.5, 0.6) is 0 Å². The first-order chi connectivity index (χ1) is 10.7. The molecule has 0 aromatic rings. The summed E-state index contributed by atoms with van der Waals surface area (Å²) in [6.07, 6.45) is 1.37. The van der Waals surface area contributed by atoms with Crippen LogP contribution in [0.3, 0.4) is 0 Å². The summed E-state index contributed by atoms with van der Waals surface area (Å²) in [4.78, 5) is 27.1. The summed E-state index contributed by atoms with van der Waals surface area (Å²) in [5.74, 6) is -0.237. The Hall–Kier alpha value is -1.35. The van der Waals surface area contributed by atoms with Gasteiger partial charge >= 0.3 is 6.09 Å². The molecule has 1 rings (SSSR count). The van der Waals surface area contributed by atoms with Gasteiger partial charge in [-0.1, -0.05) is 6.92 Å². The SMILES string of the molecule is CCOC(=O)N1CCN(C(=O)CN(C(C)CC)S(C)(=O)=O)CC1. The molecule has 1 atom stereocenters. The van der Waals surface area contributed by atoms with Crippen LogP contribution in [-0.4, -0.2) is 86.2 Å². The van der Waals surface area contributed by atoms with Crippen molar-refractivity contribution in [1.29, 1.82) is 0 Å². The molecule has 23 heavy (non-hydrogen) atoms. The standard InChI is InChI=1S/C14H27N3O5S/c1-5-12(3)17(23(4,20)21)11-13(18)15-7-9-16(10-8-15)14(19)22-6-2/h12H,5-11H2,1-4H3. The van der Waals surface area contributed by atoms with Crippen LogP contribution in [0.15, 0.2) is 0 Å². The van der Waals surface area contributed by atoms with Crippen LogP contribution >= 0.6 is 0 Å². The number of carbonyl (C=O) groups is 2. The third-order valence-corrected chi connectivity index (χ3v) is 5.30. The number of ether oxygens (including phenoxy) is 1. The van der Waals surface area contributed by atoms with E-state index in [1.54, 1.807) is 23.6 Å². The number of piperazine rings is 1. The Morgan fingerprint density at radius 2 is 1.65 bits per heavy atom. The molecular weight excluding hydrogens is 322 g/mol. The Kier molecular flexibility index (Phi) is 7.27. The molecule has 1 heterocycles. The summed E-state index contributed by atoms with van der Waals surface area (Å²) in [5, 5.41) is 0. The van der Waals surface area contributed by atoms with E-state index in [1.807, 2.05) is 6.92 Å². The van der Waals surface area contributed by atoms with E-state index in [2.05, 4.69) is 0 Å². The quantitative estimate of drug-likeness (QED) is 0.690. The van der Waals surface area contributed by atoms with Gasteiger partial charge in [0.25, 0.3) is 0 Å². The van der Waals surface area contributed by atoms with Gasteiger partial charge in [0.05, 0.1) is 19.4 Å². The number of carbonyl (C=O) groups excluding carboxylic acids is 2. The lowest BCUT2D eigenvalue weighted by Gasteiger charge is -2.35. The smallest absolute Gasteiger partial charge is 0.409 e. The van der Waals surface area contributed by atoms with Gasteiger partial charge in [-0.3, -0.25) is 4.79 Å². The number of nitrogens with zero attached hydrogens (tertiary/aromatic N) is 3. The van der Waals surface area contributed by atoms with Gasteiger partial charge in [0.1, 0.15) is 0 Å². The largest absolute Gasteiger partial charge is 0.450 e. The van der Waals surface area contributed by atoms with Crippen molar-refractivity contribution in [3.63, 3.8) is 0 Å². The summed E-state index contributed by atoms with van der Waals surface area (Å²) in [6.45, 7) is 7.12. The first-order valence-electron chi connectivity index (χ1n) is 7.87. The van der Waals surface area contributed by atoms with Crippen LogP contribution in [0.2, 0.25) is 0 Å². The van der Waals surface area contributed by atoms with Gasteiger partial charge in [-0.2, -0.15) is 4.31 Å². The van der Waals surface area contributed by atoms with Gasteiger partial charge in [-0.15, -0.1) is 0 Å². The van der Waals surface area contributed by atoms with Gasteiger partial charge in [0, 0.05) is 32.2 Å². The highest BCUT2D eigenvalue weighted by molar-refractivity contribution is 7.88. The third kappa shape index (κ3) is 5.65. The highest BCUT2D eigenvalue weighted by Crippen LogP contribution is 2.11. The number of rotatable bonds is 6. The lowest BCUT2D eigenvalue weighted by Crippen LogP contribution is -2.53. The number of amides is 2. The van der Waals surface area contributed by atoms with Gasteiger partial charge in [-0.25, -0.2) is 13.2 Å². The zero-order valence-electron chi connectivity index (χ0n) is 14.3. The maximum absolute atomic E-state index is 12.4. The predicted molar refractivity (Wildman–Crippen MR) is 86.5 cm³/mol. The van der Waals surface area contributed by atoms with E-state index in [9.17, 15) is 18.0 Å². The van der Waals surface area contributed by atoms with Crippen molar-refractivity contribution in [2.24, 2.45) is 0 Å². The maximum atomic E-state index is 12.4. The Balaban J connectivity index is 2.61. The van der Waals surface area contributed by atoms with E-state index in [0.29, 0.717) is 39.2 Å². The second-order valence-electron chi connectivity index (χ2n) is 5.63. The first kappa shape index (κ1) is 19.7. The molecule has 1 aliphatic heterocycles. The molecule has 8 nitrogen and oxygen atoms in total. The topological polar surface area (TPSA) is 87.2 Å². The number of hydrogen-bond acceptors (Lipinski definition) is 5. The third-order valence-electron chi connectivity index (χ3n) is 3.96. The summed E-state index contributed by atoms with van der Waals surface area (Å²) in [7, 11) is -3.44. The van der Waals surface area contributed by atoms with Gasteiger partial charge in [-0.05, 0) is 20.3 Å². The normalized spacial score (nSPS) is 17.3. The Labute approximate surface area is 138 Å². The predicted octanol–water partition coefficient (Wildman–Crippen LogP) is 0.347. The highest BCUT2D eigenvalue weighted by Gasteiger charge is 2.29. The fraction of sp³-hybridized carbons (Fsp3) is 0.857. The molecule has 1 unspecified atom stereocenters. The molecular formula is C14H27N3O5S. The van der Waals surface area contributed by atoms with Crippen LogP contribution in [0, 0.1) is 0 Å². The Morgan fingerprint density at radius 3 is 2.09 bits per heavy atom. The lowest BCUT2D eigenvalue weighted by molar-refractivity contribution is -0.133. The van der Waals surface area contributed by atoms with E-state index < -0.39 is 10.0 Å². The second kappa shape index (κ2) is 8.49. The lowest BCUT2D eigenvalue weighted by atomic mass is 10.2. The molecule has 9 heteroatoms. The Morgan fingerprint density at radius 1 is 1.13 bits per heavy atom. The molecule has 0 radical (unpaired) electrons. The highest BCUT2D eigenvalue weighted by atomic mass is 32.2. The molecule has 0 saturated carbocycles. The molecule has 0 aromatic carbocycles. The molecule has 0 spiro atoms. The Bertz CT molecular complexity index is 515. The number of sulfonamides is 1. The fourth-order valence-corrected chi connectivity index (χ4v) is 3.54. The summed E-state index contributed by atoms with van der Waals surface area (Å²) >= 11 is 0. The molecule has 1 saturated heterocycles. The van der Waals surface area contributed by atoms with E-state index in [0.717, 1.165) is 6.26 Å². The fourth-order valence-electron chi connectivity index (χ4n) is 2.39. The molecule has 0 aliphatic carbocycles. The summed E-state index contributed by atoms with van der Waals surface area (Å²) < 4.78 is 29.9. The van der Waals surface area contributed by atoms with E-state index in [1.165, 1.54) is 4.31 Å². The minimum atomic E-state index is -3.44. The van der Waals surface area contributed by atoms with Crippen molar-refractivity contribution in [3.8, 4) is 0 Å². The van der Waals surface area contributed by atoms with Crippen molar-refractivity contribution >= 4 is 22.0 Å². The zero-order valence-corrected chi connectivity index (χ0v) is 15.1. The zero-order chi connectivity index (χ0) is 17.6. The monoisotopic (exact) mass is 349 g/mol. The average molecular weight is 349 g/mol. The summed E-state index contributed by atoms with van der Waals surface area (Å²) in [5.41, 5.74) is 0. The molecule has 1 aliphatic rings. The van der Waals surface area contributed by atoms with Crippen molar-refractivity contribution in [3.05, 3.63) is 0 Å². The van der Waals surface area contributed by atoms with E-state index in [4.69, 9.17) is 4.74 Å². The number of hydrogen-bond donors (Lipinski definition) is 0. The summed E-state index contributed by atoms with van der Waals surface area (Å²) in [6, 6.07) is -0.227. The minimum Gasteiger partial charge on any atom is -0.450 e. The van der Waals surface area contributed by atoms with E-state index >= 15 is 0 Å². The van der Waals surface area contributed by atoms with Crippen molar-refractivity contribution in [1.82, 2.24) is 14.1 Å². The molecule has 0 N–H and O–H groups in total. The van der Waals surface area contributed by atoms with Crippen LogP contribution in [0.25, 0.3) is 0 Å². The van der Waals surface area contributed by atoms with Crippen LogP contribution < -0.4 is 0 Å². The van der Waals surface area contributed by atoms with Crippen molar-refractivity contribution in [2.75, 3.05) is 45.6 Å². The van der Waals surface area contributed by atoms with E-state index in [-0.39, 0.29) is 24.6 Å². The van der Waals surface area contributed by atoms with Gasteiger partial charge < -0.3 is 14.5 Å². The average Bonchev–Trinajstić information content (AvgIpc) is 2.51. The second-order valence-corrected chi connectivity index (χ2v) is 7.57. The molecule has 0 bridgehead atoms. The molecule has 134 valence electrons.